The van der Waals surface area contributed by atoms with Crippen molar-refractivity contribution >= 4 is 12.1 Å². The first-order chi connectivity index (χ1) is 10.1. The number of aromatic nitrogens is 1. The van der Waals surface area contributed by atoms with Gasteiger partial charge < -0.3 is 25.0 Å². The van der Waals surface area contributed by atoms with Crippen molar-refractivity contribution in [1.29, 1.82) is 0 Å². The first-order valence-electron chi connectivity index (χ1n) is 6.55. The first-order valence-corrected chi connectivity index (χ1v) is 6.55. The number of amides is 1. The zero-order valence-corrected chi connectivity index (χ0v) is 12.9. The Balaban J connectivity index is 2.90. The van der Waals surface area contributed by atoms with E-state index in [1.165, 1.54) is 13.2 Å². The summed E-state index contributed by atoms with van der Waals surface area (Å²) >= 11 is 0. The van der Waals surface area contributed by atoms with E-state index in [1.807, 2.05) is 0 Å². The van der Waals surface area contributed by atoms with Gasteiger partial charge in [0.15, 0.2) is 6.04 Å². The van der Waals surface area contributed by atoms with Crippen molar-refractivity contribution in [2.45, 2.75) is 38.5 Å². The number of carbonyl (C=O) groups excluding carboxylic acids is 1. The van der Waals surface area contributed by atoms with Crippen molar-refractivity contribution in [3.8, 4) is 5.88 Å². The standard InChI is InChI=1S/C14H20N2O6/c1-14(2,3)22-13(20)16-10(12(18)19)11(17)8-6-5-7-9(15-8)21-4/h5-7,10-11,17H,1-4H3,(H,16,20)(H,18,19)/t10-,11+/m1/s1. The molecule has 0 saturated heterocycles. The molecule has 0 radical (unpaired) electrons. The lowest BCUT2D eigenvalue weighted by Gasteiger charge is -2.24. The number of carboxylic acid groups (broad SMARTS) is 1. The molecule has 22 heavy (non-hydrogen) atoms. The number of carbonyl (C=O) groups is 2. The molecule has 2 atom stereocenters. The Kier molecular flexibility index (Phi) is 5.69. The van der Waals surface area contributed by atoms with Gasteiger partial charge in [-0.25, -0.2) is 14.6 Å². The molecule has 0 bridgehead atoms. The average Bonchev–Trinajstić information content (AvgIpc) is 2.42. The highest BCUT2D eigenvalue weighted by atomic mass is 16.6. The summed E-state index contributed by atoms with van der Waals surface area (Å²) < 4.78 is 9.89. The van der Waals surface area contributed by atoms with Crippen molar-refractivity contribution in [3.63, 3.8) is 0 Å². The second-order valence-corrected chi connectivity index (χ2v) is 5.51. The van der Waals surface area contributed by atoms with Crippen molar-refractivity contribution in [2.75, 3.05) is 7.11 Å². The van der Waals surface area contributed by atoms with Gasteiger partial charge in [0.1, 0.15) is 11.7 Å². The molecule has 1 aromatic heterocycles. The van der Waals surface area contributed by atoms with Crippen LogP contribution in [0.25, 0.3) is 0 Å². The predicted molar refractivity (Wildman–Crippen MR) is 76.5 cm³/mol. The SMILES string of the molecule is COc1cccc([C@H](O)[C@@H](NC(=O)OC(C)(C)C)C(=O)O)n1. The summed E-state index contributed by atoms with van der Waals surface area (Å²) in [7, 11) is 1.39. The maximum atomic E-state index is 11.7. The molecule has 1 heterocycles. The molecule has 0 aliphatic rings. The quantitative estimate of drug-likeness (QED) is 0.745. The van der Waals surface area contributed by atoms with E-state index >= 15 is 0 Å². The van der Waals surface area contributed by atoms with Crippen LogP contribution in [-0.2, 0) is 9.53 Å². The van der Waals surface area contributed by atoms with Crippen LogP contribution in [0.2, 0.25) is 0 Å². The van der Waals surface area contributed by atoms with E-state index in [1.54, 1.807) is 32.9 Å². The van der Waals surface area contributed by atoms with Gasteiger partial charge >= 0.3 is 12.1 Å². The Hall–Kier alpha value is -2.35. The molecule has 0 spiro atoms. The molecule has 3 N–H and O–H groups in total. The number of nitrogens with zero attached hydrogens (tertiary/aromatic N) is 1. The molecular weight excluding hydrogens is 292 g/mol. The van der Waals surface area contributed by atoms with Crippen molar-refractivity contribution in [3.05, 3.63) is 23.9 Å². The van der Waals surface area contributed by atoms with E-state index in [0.717, 1.165) is 0 Å². The number of pyridine rings is 1. The fourth-order valence-electron chi connectivity index (χ4n) is 1.59. The molecular formula is C14H20N2O6. The second kappa shape index (κ2) is 7.08. The Bertz CT molecular complexity index is 540. The van der Waals surface area contributed by atoms with Gasteiger partial charge in [0.25, 0.3) is 0 Å². The topological polar surface area (TPSA) is 118 Å². The zero-order valence-electron chi connectivity index (χ0n) is 12.9. The molecule has 0 aliphatic carbocycles. The third-order valence-electron chi connectivity index (χ3n) is 2.51. The number of aliphatic hydroxyl groups excluding tert-OH is 1. The minimum atomic E-state index is -1.60. The number of hydrogen-bond donors (Lipinski definition) is 3. The van der Waals surface area contributed by atoms with Gasteiger partial charge in [-0.1, -0.05) is 6.07 Å². The third kappa shape index (κ3) is 5.21. The minimum absolute atomic E-state index is 0.0582. The smallest absolute Gasteiger partial charge is 0.408 e. The maximum Gasteiger partial charge on any atom is 0.408 e. The van der Waals surface area contributed by atoms with E-state index in [0.29, 0.717) is 0 Å². The molecule has 0 fully saturated rings. The molecule has 0 aromatic carbocycles. The summed E-state index contributed by atoms with van der Waals surface area (Å²) in [5, 5.41) is 21.5. The highest BCUT2D eigenvalue weighted by Crippen LogP contribution is 2.18. The summed E-state index contributed by atoms with van der Waals surface area (Å²) in [6, 6.07) is 2.93. The highest BCUT2D eigenvalue weighted by molar-refractivity contribution is 5.80. The summed E-state index contributed by atoms with van der Waals surface area (Å²) in [6.45, 7) is 4.92. The van der Waals surface area contributed by atoms with Gasteiger partial charge in [0.2, 0.25) is 5.88 Å². The van der Waals surface area contributed by atoms with Crippen LogP contribution in [0.15, 0.2) is 18.2 Å². The van der Waals surface area contributed by atoms with E-state index in [4.69, 9.17) is 9.47 Å². The van der Waals surface area contributed by atoms with E-state index in [2.05, 4.69) is 10.3 Å². The number of carboxylic acids is 1. The summed E-state index contributed by atoms with van der Waals surface area (Å²) in [6.07, 6.45) is -2.50. The summed E-state index contributed by atoms with van der Waals surface area (Å²) in [5.74, 6) is -1.19. The summed E-state index contributed by atoms with van der Waals surface area (Å²) in [5.41, 5.74) is -0.727. The van der Waals surface area contributed by atoms with Crippen LogP contribution >= 0.6 is 0 Å². The zero-order chi connectivity index (χ0) is 16.9. The normalized spacial score (nSPS) is 13.9. The average molecular weight is 312 g/mol. The van der Waals surface area contributed by atoms with Gasteiger partial charge in [-0.3, -0.25) is 0 Å². The van der Waals surface area contributed by atoms with Crippen LogP contribution in [0, 0.1) is 0 Å². The molecule has 122 valence electrons. The molecule has 1 rings (SSSR count). The lowest BCUT2D eigenvalue weighted by molar-refractivity contribution is -0.142. The number of nitrogens with one attached hydrogen (secondary N) is 1. The number of aliphatic hydroxyl groups is 1. The highest BCUT2D eigenvalue weighted by Gasteiger charge is 2.32. The molecule has 0 unspecified atom stereocenters. The van der Waals surface area contributed by atoms with Gasteiger partial charge in [-0.15, -0.1) is 0 Å². The lowest BCUT2D eigenvalue weighted by Crippen LogP contribution is -2.47. The largest absolute Gasteiger partial charge is 0.481 e. The van der Waals surface area contributed by atoms with Crippen LogP contribution in [-0.4, -0.2) is 46.0 Å². The van der Waals surface area contributed by atoms with Crippen molar-refractivity contribution in [1.82, 2.24) is 10.3 Å². The fraction of sp³-hybridized carbons (Fsp3) is 0.500. The van der Waals surface area contributed by atoms with Crippen LogP contribution < -0.4 is 10.1 Å². The molecule has 1 aromatic rings. The third-order valence-corrected chi connectivity index (χ3v) is 2.51. The fourth-order valence-corrected chi connectivity index (χ4v) is 1.59. The minimum Gasteiger partial charge on any atom is -0.481 e. The maximum absolute atomic E-state index is 11.7. The monoisotopic (exact) mass is 312 g/mol. The van der Waals surface area contributed by atoms with Crippen molar-refractivity contribution in [2.24, 2.45) is 0 Å². The Morgan fingerprint density at radius 2 is 1.95 bits per heavy atom. The summed E-state index contributed by atoms with van der Waals surface area (Å²) in [4.78, 5) is 26.9. The molecule has 8 nitrogen and oxygen atoms in total. The number of rotatable bonds is 5. The first kappa shape index (κ1) is 17.7. The lowest BCUT2D eigenvalue weighted by atomic mass is 10.1. The van der Waals surface area contributed by atoms with Gasteiger partial charge in [-0.05, 0) is 26.8 Å². The second-order valence-electron chi connectivity index (χ2n) is 5.51. The molecule has 8 heteroatoms. The number of aliphatic carboxylic acids is 1. The van der Waals surface area contributed by atoms with Crippen LogP contribution in [0.3, 0.4) is 0 Å². The predicted octanol–water partition coefficient (Wildman–Crippen LogP) is 1.10. The number of ether oxygens (including phenoxy) is 2. The van der Waals surface area contributed by atoms with E-state index in [-0.39, 0.29) is 11.6 Å². The number of hydrogen-bond acceptors (Lipinski definition) is 6. The molecule has 1 amide bonds. The van der Waals surface area contributed by atoms with E-state index in [9.17, 15) is 19.8 Å². The number of alkyl carbamates (subject to hydrolysis) is 1. The number of methoxy groups -OCH3 is 1. The Morgan fingerprint density at radius 3 is 2.45 bits per heavy atom. The van der Waals surface area contributed by atoms with Crippen molar-refractivity contribution < 1.29 is 29.3 Å². The van der Waals surface area contributed by atoms with E-state index < -0.39 is 29.8 Å². The Labute approximate surface area is 128 Å². The molecule has 0 aliphatic heterocycles. The van der Waals surface area contributed by atoms with Crippen LogP contribution in [0.4, 0.5) is 4.79 Å². The van der Waals surface area contributed by atoms with Crippen LogP contribution in [0.5, 0.6) is 5.88 Å². The van der Waals surface area contributed by atoms with Gasteiger partial charge in [0, 0.05) is 6.07 Å². The Morgan fingerprint density at radius 1 is 1.32 bits per heavy atom. The van der Waals surface area contributed by atoms with Gasteiger partial charge in [-0.2, -0.15) is 0 Å². The van der Waals surface area contributed by atoms with Crippen LogP contribution in [0.1, 0.15) is 32.6 Å². The molecule has 0 saturated carbocycles. The van der Waals surface area contributed by atoms with Gasteiger partial charge in [0.05, 0.1) is 12.8 Å².